The maximum Gasteiger partial charge on any atom is 0.191 e. The minimum atomic E-state index is 0. The molecule has 1 rings (SSSR count). The SMILES string of the molecule is CCNC(=NCc1ccc(C)s1)NCCCCSC.I. The third kappa shape index (κ3) is 9.07. The number of guanidine groups is 1. The highest BCUT2D eigenvalue weighted by molar-refractivity contribution is 14.0. The van der Waals surface area contributed by atoms with Crippen molar-refractivity contribution in [3.63, 3.8) is 0 Å². The minimum absolute atomic E-state index is 0. The molecule has 3 nitrogen and oxygen atoms in total. The van der Waals surface area contributed by atoms with E-state index in [-0.39, 0.29) is 24.0 Å². The quantitative estimate of drug-likeness (QED) is 0.286. The number of halogens is 1. The van der Waals surface area contributed by atoms with E-state index in [0.29, 0.717) is 0 Å². The lowest BCUT2D eigenvalue weighted by Gasteiger charge is -2.10. The van der Waals surface area contributed by atoms with Gasteiger partial charge in [0.2, 0.25) is 0 Å². The van der Waals surface area contributed by atoms with E-state index in [1.54, 1.807) is 0 Å². The molecule has 0 atom stereocenters. The summed E-state index contributed by atoms with van der Waals surface area (Å²) in [6, 6.07) is 4.31. The zero-order valence-corrected chi connectivity index (χ0v) is 16.5. The Hall–Kier alpha value is 0.0500. The van der Waals surface area contributed by atoms with E-state index >= 15 is 0 Å². The third-order valence-electron chi connectivity index (χ3n) is 2.60. The number of rotatable bonds is 8. The van der Waals surface area contributed by atoms with Crippen LogP contribution in [0, 0.1) is 6.92 Å². The molecule has 0 saturated heterocycles. The molecular formula is C14H26IN3S2. The van der Waals surface area contributed by atoms with Crippen molar-refractivity contribution in [2.45, 2.75) is 33.2 Å². The van der Waals surface area contributed by atoms with Gasteiger partial charge in [-0.2, -0.15) is 11.8 Å². The lowest BCUT2D eigenvalue weighted by atomic mass is 10.3. The molecule has 0 unspecified atom stereocenters. The number of nitrogens with one attached hydrogen (secondary N) is 2. The van der Waals surface area contributed by atoms with Gasteiger partial charge in [-0.15, -0.1) is 35.3 Å². The van der Waals surface area contributed by atoms with Gasteiger partial charge in [0.1, 0.15) is 0 Å². The Morgan fingerprint density at radius 2 is 2.10 bits per heavy atom. The Balaban J connectivity index is 0.00000361. The number of aliphatic imine (C=N–C) groups is 1. The summed E-state index contributed by atoms with van der Waals surface area (Å²) >= 11 is 3.73. The van der Waals surface area contributed by atoms with Gasteiger partial charge in [0.05, 0.1) is 6.54 Å². The zero-order valence-electron chi connectivity index (χ0n) is 12.6. The van der Waals surface area contributed by atoms with Crippen molar-refractivity contribution < 1.29 is 0 Å². The van der Waals surface area contributed by atoms with Crippen molar-refractivity contribution in [2.24, 2.45) is 4.99 Å². The lowest BCUT2D eigenvalue weighted by Crippen LogP contribution is -2.37. The summed E-state index contributed by atoms with van der Waals surface area (Å²) in [7, 11) is 0. The second-order valence-electron chi connectivity index (χ2n) is 4.33. The Bertz CT molecular complexity index is 380. The highest BCUT2D eigenvalue weighted by Crippen LogP contribution is 2.15. The fraction of sp³-hybridized carbons (Fsp3) is 0.643. The van der Waals surface area contributed by atoms with Gasteiger partial charge < -0.3 is 10.6 Å². The fourth-order valence-electron chi connectivity index (χ4n) is 1.65. The van der Waals surface area contributed by atoms with Gasteiger partial charge in [-0.3, -0.25) is 0 Å². The van der Waals surface area contributed by atoms with Gasteiger partial charge in [0, 0.05) is 22.8 Å². The monoisotopic (exact) mass is 427 g/mol. The van der Waals surface area contributed by atoms with E-state index in [9.17, 15) is 0 Å². The van der Waals surface area contributed by atoms with Crippen LogP contribution in [0.4, 0.5) is 0 Å². The Kier molecular flexibility index (Phi) is 12.8. The Labute approximate surface area is 148 Å². The second kappa shape index (κ2) is 12.8. The van der Waals surface area contributed by atoms with Crippen molar-refractivity contribution in [2.75, 3.05) is 25.1 Å². The Morgan fingerprint density at radius 3 is 2.70 bits per heavy atom. The summed E-state index contributed by atoms with van der Waals surface area (Å²) in [5.74, 6) is 2.17. The van der Waals surface area contributed by atoms with E-state index < -0.39 is 0 Å². The van der Waals surface area contributed by atoms with Gasteiger partial charge in [-0.1, -0.05) is 0 Å². The van der Waals surface area contributed by atoms with Crippen molar-refractivity contribution in [3.05, 3.63) is 21.9 Å². The predicted molar refractivity (Wildman–Crippen MR) is 105 cm³/mol. The summed E-state index contributed by atoms with van der Waals surface area (Å²) in [4.78, 5) is 7.28. The first-order valence-corrected chi connectivity index (χ1v) is 9.03. The van der Waals surface area contributed by atoms with Crippen molar-refractivity contribution in [1.29, 1.82) is 0 Å². The number of thiophene rings is 1. The zero-order chi connectivity index (χ0) is 13.9. The van der Waals surface area contributed by atoms with Crippen LogP contribution in [0.2, 0.25) is 0 Å². The maximum atomic E-state index is 4.61. The number of unbranched alkanes of at least 4 members (excludes halogenated alkanes) is 1. The Morgan fingerprint density at radius 1 is 1.30 bits per heavy atom. The van der Waals surface area contributed by atoms with Crippen LogP contribution in [0.25, 0.3) is 0 Å². The molecular weight excluding hydrogens is 401 g/mol. The molecule has 0 bridgehead atoms. The molecule has 6 heteroatoms. The largest absolute Gasteiger partial charge is 0.357 e. The van der Waals surface area contributed by atoms with Crippen molar-refractivity contribution in [1.82, 2.24) is 10.6 Å². The van der Waals surface area contributed by atoms with Gasteiger partial charge in [0.25, 0.3) is 0 Å². The van der Waals surface area contributed by atoms with Crippen molar-refractivity contribution in [3.8, 4) is 0 Å². The van der Waals surface area contributed by atoms with Crippen LogP contribution in [0.5, 0.6) is 0 Å². The van der Waals surface area contributed by atoms with E-state index in [0.717, 1.165) is 25.6 Å². The van der Waals surface area contributed by atoms with E-state index in [2.05, 4.69) is 47.9 Å². The van der Waals surface area contributed by atoms with Crippen LogP contribution in [0.1, 0.15) is 29.5 Å². The summed E-state index contributed by atoms with van der Waals surface area (Å²) < 4.78 is 0. The summed E-state index contributed by atoms with van der Waals surface area (Å²) in [5, 5.41) is 6.68. The maximum absolute atomic E-state index is 4.61. The number of hydrogen-bond donors (Lipinski definition) is 2. The molecule has 1 aromatic heterocycles. The molecule has 1 aromatic rings. The molecule has 20 heavy (non-hydrogen) atoms. The molecule has 0 fully saturated rings. The fourth-order valence-corrected chi connectivity index (χ4v) is 2.95. The summed E-state index contributed by atoms with van der Waals surface area (Å²) in [6.07, 6.45) is 4.61. The van der Waals surface area contributed by atoms with E-state index in [4.69, 9.17) is 0 Å². The van der Waals surface area contributed by atoms with Crippen LogP contribution in [-0.2, 0) is 6.54 Å². The average Bonchev–Trinajstić information content (AvgIpc) is 2.81. The van der Waals surface area contributed by atoms with Crippen molar-refractivity contribution >= 4 is 53.0 Å². The first-order chi connectivity index (χ1) is 9.26. The number of hydrogen-bond acceptors (Lipinski definition) is 3. The van der Waals surface area contributed by atoms with E-state index in [1.165, 1.54) is 28.3 Å². The molecule has 0 aliphatic carbocycles. The van der Waals surface area contributed by atoms with Crippen LogP contribution < -0.4 is 10.6 Å². The predicted octanol–water partition coefficient (Wildman–Crippen LogP) is 3.87. The minimum Gasteiger partial charge on any atom is -0.357 e. The van der Waals surface area contributed by atoms with Crippen LogP contribution in [0.3, 0.4) is 0 Å². The standard InChI is InChI=1S/C14H25N3S2.HI/c1-4-15-14(16-9-5-6-10-18-3)17-11-13-8-7-12(2)19-13;/h7-8H,4-6,9-11H2,1-3H3,(H2,15,16,17);1H. The normalized spacial score (nSPS) is 11.1. The molecule has 0 aromatic carbocycles. The van der Waals surface area contributed by atoms with Gasteiger partial charge in [0.15, 0.2) is 5.96 Å². The molecule has 116 valence electrons. The summed E-state index contributed by atoms with van der Waals surface area (Å²) in [5.41, 5.74) is 0. The van der Waals surface area contributed by atoms with Gasteiger partial charge in [-0.05, 0) is 50.8 Å². The molecule has 2 N–H and O–H groups in total. The molecule has 0 saturated carbocycles. The molecule has 1 heterocycles. The molecule has 0 radical (unpaired) electrons. The van der Waals surface area contributed by atoms with Crippen LogP contribution in [0.15, 0.2) is 17.1 Å². The highest BCUT2D eigenvalue weighted by Gasteiger charge is 1.99. The molecule has 0 aliphatic heterocycles. The van der Waals surface area contributed by atoms with Gasteiger partial charge in [-0.25, -0.2) is 4.99 Å². The van der Waals surface area contributed by atoms with Crippen LogP contribution in [-0.4, -0.2) is 31.1 Å². The molecule has 0 spiro atoms. The molecule has 0 aliphatic rings. The molecule has 0 amide bonds. The number of thioether (sulfide) groups is 1. The van der Waals surface area contributed by atoms with Crippen LogP contribution >= 0.6 is 47.1 Å². The highest BCUT2D eigenvalue weighted by atomic mass is 127. The van der Waals surface area contributed by atoms with Gasteiger partial charge >= 0.3 is 0 Å². The van der Waals surface area contributed by atoms with E-state index in [1.807, 2.05) is 23.1 Å². The first kappa shape index (κ1) is 20.1. The smallest absolute Gasteiger partial charge is 0.191 e. The third-order valence-corrected chi connectivity index (χ3v) is 4.28. The summed E-state index contributed by atoms with van der Waals surface area (Å²) in [6.45, 7) is 6.89. The number of nitrogens with zero attached hydrogens (tertiary/aromatic N) is 1. The first-order valence-electron chi connectivity index (χ1n) is 6.82. The average molecular weight is 427 g/mol. The lowest BCUT2D eigenvalue weighted by molar-refractivity contribution is 0.735. The second-order valence-corrected chi connectivity index (χ2v) is 6.69. The number of aryl methyl sites for hydroxylation is 1. The topological polar surface area (TPSA) is 36.4 Å².